The van der Waals surface area contributed by atoms with Crippen molar-refractivity contribution in [1.82, 2.24) is 4.90 Å². The monoisotopic (exact) mass is 224 g/mol. The average Bonchev–Trinajstić information content (AvgIpc) is 2.14. The second kappa shape index (κ2) is 4.30. The van der Waals surface area contributed by atoms with E-state index in [1.54, 1.807) is 0 Å². The smallest absolute Gasteiger partial charge is 0.0105 e. The van der Waals surface area contributed by atoms with Crippen molar-refractivity contribution in [3.8, 4) is 0 Å². The molecule has 0 bridgehead atoms. The lowest BCUT2D eigenvalue weighted by molar-refractivity contribution is -0.0558. The normalized spacial score (nSPS) is 27.0. The largest absolute Gasteiger partial charge is 0.329 e. The van der Waals surface area contributed by atoms with Crippen molar-refractivity contribution in [1.29, 1.82) is 0 Å². The van der Waals surface area contributed by atoms with Crippen LogP contribution in [0.2, 0.25) is 0 Å². The molecule has 0 unspecified atom stereocenters. The maximum Gasteiger partial charge on any atom is 0.0105 e. The van der Waals surface area contributed by atoms with Crippen molar-refractivity contribution >= 4 is 0 Å². The molecule has 1 heterocycles. The van der Waals surface area contributed by atoms with E-state index in [1.165, 1.54) is 38.8 Å². The molecule has 0 atom stereocenters. The van der Waals surface area contributed by atoms with E-state index in [0.29, 0.717) is 5.41 Å². The second-order valence-corrected chi connectivity index (χ2v) is 7.10. The van der Waals surface area contributed by atoms with Gasteiger partial charge < -0.3 is 10.6 Å². The fraction of sp³-hybridized carbons (Fsp3) is 1.00. The minimum atomic E-state index is 0.527. The number of rotatable bonds is 2. The minimum absolute atomic E-state index is 0.527. The topological polar surface area (TPSA) is 29.3 Å². The van der Waals surface area contributed by atoms with Crippen molar-refractivity contribution in [2.45, 2.75) is 46.5 Å². The molecular weight excluding hydrogens is 196 g/mol. The highest BCUT2D eigenvalue weighted by atomic mass is 15.1. The fourth-order valence-electron chi connectivity index (χ4n) is 3.44. The first kappa shape index (κ1) is 12.4. The Morgan fingerprint density at radius 3 is 2.19 bits per heavy atom. The number of likely N-dealkylation sites (tertiary alicyclic amines) is 1. The van der Waals surface area contributed by atoms with E-state index in [4.69, 9.17) is 5.73 Å². The van der Waals surface area contributed by atoms with E-state index < -0.39 is 0 Å². The predicted molar refractivity (Wildman–Crippen MR) is 69.3 cm³/mol. The molecule has 1 spiro atoms. The van der Waals surface area contributed by atoms with E-state index in [0.717, 1.165) is 24.4 Å². The quantitative estimate of drug-likeness (QED) is 0.781. The second-order valence-electron chi connectivity index (χ2n) is 7.10. The molecule has 16 heavy (non-hydrogen) atoms. The Bertz CT molecular complexity index is 226. The Labute approximate surface area is 101 Å². The van der Waals surface area contributed by atoms with E-state index in [-0.39, 0.29) is 0 Å². The van der Waals surface area contributed by atoms with E-state index >= 15 is 0 Å². The summed E-state index contributed by atoms with van der Waals surface area (Å²) in [5.74, 6) is 0.966. The molecule has 0 radical (unpaired) electrons. The van der Waals surface area contributed by atoms with Crippen LogP contribution in [-0.2, 0) is 0 Å². The zero-order valence-corrected chi connectivity index (χ0v) is 11.3. The molecule has 1 saturated carbocycles. The number of hydrogen-bond acceptors (Lipinski definition) is 2. The van der Waals surface area contributed by atoms with Crippen LogP contribution in [0.3, 0.4) is 0 Å². The van der Waals surface area contributed by atoms with Gasteiger partial charge >= 0.3 is 0 Å². The van der Waals surface area contributed by atoms with Gasteiger partial charge in [-0.2, -0.15) is 0 Å². The van der Waals surface area contributed by atoms with Crippen LogP contribution in [0.5, 0.6) is 0 Å². The summed E-state index contributed by atoms with van der Waals surface area (Å²) in [6.07, 6.45) is 5.79. The molecule has 2 heteroatoms. The minimum Gasteiger partial charge on any atom is -0.329 e. The van der Waals surface area contributed by atoms with Gasteiger partial charge in [-0.3, -0.25) is 0 Å². The molecule has 0 aromatic rings. The molecule has 94 valence electrons. The van der Waals surface area contributed by atoms with Crippen molar-refractivity contribution in [3.63, 3.8) is 0 Å². The zero-order valence-electron chi connectivity index (χ0n) is 11.3. The lowest BCUT2D eigenvalue weighted by Crippen LogP contribution is -2.50. The van der Waals surface area contributed by atoms with Crippen LogP contribution in [0.4, 0.5) is 0 Å². The first-order chi connectivity index (χ1) is 7.45. The molecule has 2 fully saturated rings. The summed E-state index contributed by atoms with van der Waals surface area (Å²) in [5, 5.41) is 0. The lowest BCUT2D eigenvalue weighted by atomic mass is 9.52. The Morgan fingerprint density at radius 1 is 1.19 bits per heavy atom. The molecule has 2 N–H and O–H groups in total. The molecule has 1 aliphatic carbocycles. The van der Waals surface area contributed by atoms with Gasteiger partial charge in [-0.15, -0.1) is 0 Å². The van der Waals surface area contributed by atoms with Gasteiger partial charge in [-0.05, 0) is 55.5 Å². The molecular formula is C14H28N2. The summed E-state index contributed by atoms with van der Waals surface area (Å²) in [6.45, 7) is 11.7. The summed E-state index contributed by atoms with van der Waals surface area (Å²) in [5.41, 5.74) is 6.86. The summed E-state index contributed by atoms with van der Waals surface area (Å²) in [6, 6.07) is 0. The Kier molecular flexibility index (Phi) is 3.33. The van der Waals surface area contributed by atoms with Crippen molar-refractivity contribution in [3.05, 3.63) is 0 Å². The Morgan fingerprint density at radius 2 is 1.75 bits per heavy atom. The first-order valence-corrected chi connectivity index (χ1v) is 6.88. The van der Waals surface area contributed by atoms with Gasteiger partial charge in [0.05, 0.1) is 0 Å². The third-order valence-electron chi connectivity index (χ3n) is 4.95. The summed E-state index contributed by atoms with van der Waals surface area (Å²) in [4.78, 5) is 2.54. The van der Waals surface area contributed by atoms with Crippen molar-refractivity contribution in [2.75, 3.05) is 26.2 Å². The number of nitrogens with two attached hydrogens (primary N) is 1. The molecule has 2 aliphatic rings. The van der Waals surface area contributed by atoms with Crippen molar-refractivity contribution < 1.29 is 0 Å². The summed E-state index contributed by atoms with van der Waals surface area (Å²) in [7, 11) is 0. The van der Waals surface area contributed by atoms with Crippen LogP contribution in [0.15, 0.2) is 0 Å². The first-order valence-electron chi connectivity index (χ1n) is 6.88. The fourth-order valence-corrected chi connectivity index (χ4v) is 3.44. The number of hydrogen-bond donors (Lipinski definition) is 1. The molecule has 0 aromatic carbocycles. The van der Waals surface area contributed by atoms with Gasteiger partial charge in [-0.25, -0.2) is 0 Å². The highest BCUT2D eigenvalue weighted by Crippen LogP contribution is 2.57. The van der Waals surface area contributed by atoms with Gasteiger partial charge in [0.2, 0.25) is 0 Å². The molecule has 0 amide bonds. The van der Waals surface area contributed by atoms with Crippen molar-refractivity contribution in [2.24, 2.45) is 22.5 Å². The van der Waals surface area contributed by atoms with E-state index in [9.17, 15) is 0 Å². The zero-order chi connectivity index (χ0) is 11.8. The van der Waals surface area contributed by atoms with E-state index in [1.807, 2.05) is 0 Å². The van der Waals surface area contributed by atoms with Crippen LogP contribution < -0.4 is 5.73 Å². The molecule has 2 nitrogen and oxygen atoms in total. The van der Waals surface area contributed by atoms with Gasteiger partial charge in [0, 0.05) is 13.1 Å². The third kappa shape index (κ3) is 2.43. The maximum absolute atomic E-state index is 5.61. The standard InChI is InChI=1S/C14H28N2/c1-13(2,3)12-10-14(11-12)4-7-16(8-5-14)9-6-15/h12H,4-11,15H2,1-3H3. The molecule has 2 rings (SSSR count). The molecule has 1 aliphatic heterocycles. The van der Waals surface area contributed by atoms with Gasteiger partial charge in [-0.1, -0.05) is 20.8 Å². The summed E-state index contributed by atoms with van der Waals surface area (Å²) < 4.78 is 0. The molecule has 1 saturated heterocycles. The summed E-state index contributed by atoms with van der Waals surface area (Å²) >= 11 is 0. The highest BCUT2D eigenvalue weighted by Gasteiger charge is 2.48. The lowest BCUT2D eigenvalue weighted by Gasteiger charge is -2.56. The Balaban J connectivity index is 1.79. The van der Waals surface area contributed by atoms with Crippen LogP contribution in [0.1, 0.15) is 46.5 Å². The third-order valence-corrected chi connectivity index (χ3v) is 4.95. The van der Waals surface area contributed by atoms with Gasteiger partial charge in [0.1, 0.15) is 0 Å². The highest BCUT2D eigenvalue weighted by molar-refractivity contribution is 5.00. The van der Waals surface area contributed by atoms with Crippen LogP contribution in [0.25, 0.3) is 0 Å². The van der Waals surface area contributed by atoms with Crippen LogP contribution >= 0.6 is 0 Å². The predicted octanol–water partition coefficient (Wildman–Crippen LogP) is 2.48. The van der Waals surface area contributed by atoms with Crippen LogP contribution in [-0.4, -0.2) is 31.1 Å². The maximum atomic E-state index is 5.61. The number of piperidine rings is 1. The number of nitrogens with zero attached hydrogens (tertiary/aromatic N) is 1. The SMILES string of the molecule is CC(C)(C)C1CC2(CCN(CCN)CC2)C1. The van der Waals surface area contributed by atoms with E-state index in [2.05, 4.69) is 25.7 Å². The van der Waals surface area contributed by atoms with Gasteiger partial charge in [0.15, 0.2) is 0 Å². The molecule has 0 aromatic heterocycles. The van der Waals surface area contributed by atoms with Crippen LogP contribution in [0, 0.1) is 16.7 Å². The Hall–Kier alpha value is -0.0800. The average molecular weight is 224 g/mol. The van der Waals surface area contributed by atoms with Gasteiger partial charge in [0.25, 0.3) is 0 Å².